The molecule has 2 N–H and O–H groups in total. The van der Waals surface area contributed by atoms with Crippen molar-refractivity contribution in [3.63, 3.8) is 0 Å². The lowest BCUT2D eigenvalue weighted by Crippen LogP contribution is -2.42. The largest absolute Gasteiger partial charge is 0.490 e. The van der Waals surface area contributed by atoms with E-state index in [1.165, 1.54) is 0 Å². The molecule has 1 aliphatic heterocycles. The van der Waals surface area contributed by atoms with E-state index >= 15 is 0 Å². The molecule has 1 aliphatic rings. The molecule has 1 heterocycles. The summed E-state index contributed by atoms with van der Waals surface area (Å²) in [7, 11) is 0. The van der Waals surface area contributed by atoms with Crippen LogP contribution in [0, 0.1) is 0 Å². The number of anilines is 1. The molecule has 1 aromatic rings. The van der Waals surface area contributed by atoms with Crippen molar-refractivity contribution < 1.29 is 19.4 Å². The lowest BCUT2D eigenvalue weighted by atomic mass is 10.2. The molecule has 0 radical (unpaired) electrons. The Kier molecular flexibility index (Phi) is 4.72. The number of fused-ring (bicyclic) bond motifs is 1. The fourth-order valence-corrected chi connectivity index (χ4v) is 2.32. The van der Waals surface area contributed by atoms with Gasteiger partial charge < -0.3 is 20.1 Å². The van der Waals surface area contributed by atoms with E-state index in [0.717, 1.165) is 10.2 Å². The predicted molar refractivity (Wildman–Crippen MR) is 77.5 cm³/mol. The minimum absolute atomic E-state index is 0.0571. The SMILES string of the molecule is O=C(O)CNC(=O)CN1CCOc2cc(Br)c(Cl)cc21. The van der Waals surface area contributed by atoms with Crippen LogP contribution in [-0.4, -0.2) is 43.2 Å². The van der Waals surface area contributed by atoms with Crippen LogP contribution < -0.4 is 15.0 Å². The number of halogens is 2. The van der Waals surface area contributed by atoms with Gasteiger partial charge in [-0.1, -0.05) is 11.6 Å². The number of hydrogen-bond donors (Lipinski definition) is 2. The number of nitrogens with zero attached hydrogens (tertiary/aromatic N) is 1. The molecule has 0 fully saturated rings. The van der Waals surface area contributed by atoms with Crippen LogP contribution in [-0.2, 0) is 9.59 Å². The van der Waals surface area contributed by atoms with Crippen LogP contribution in [0.2, 0.25) is 5.02 Å². The van der Waals surface area contributed by atoms with Gasteiger partial charge in [-0.15, -0.1) is 0 Å². The van der Waals surface area contributed by atoms with Gasteiger partial charge in [-0.25, -0.2) is 0 Å². The molecule has 0 spiro atoms. The molecule has 20 heavy (non-hydrogen) atoms. The average molecular weight is 364 g/mol. The number of carbonyl (C=O) groups excluding carboxylic acids is 1. The smallest absolute Gasteiger partial charge is 0.322 e. The number of carbonyl (C=O) groups is 2. The van der Waals surface area contributed by atoms with Gasteiger partial charge in [-0.3, -0.25) is 9.59 Å². The van der Waals surface area contributed by atoms with Crippen LogP contribution in [0.15, 0.2) is 16.6 Å². The zero-order chi connectivity index (χ0) is 14.7. The first-order chi connectivity index (χ1) is 9.47. The summed E-state index contributed by atoms with van der Waals surface area (Å²) in [5.74, 6) is -0.800. The van der Waals surface area contributed by atoms with Gasteiger partial charge in [-0.05, 0) is 28.1 Å². The highest BCUT2D eigenvalue weighted by atomic mass is 79.9. The lowest BCUT2D eigenvalue weighted by Gasteiger charge is -2.31. The van der Waals surface area contributed by atoms with Crippen LogP contribution in [0.25, 0.3) is 0 Å². The van der Waals surface area contributed by atoms with Crippen LogP contribution in [0.4, 0.5) is 5.69 Å². The third kappa shape index (κ3) is 3.55. The summed E-state index contributed by atoms with van der Waals surface area (Å²) in [6.45, 7) is 0.650. The average Bonchev–Trinajstić information content (AvgIpc) is 2.39. The summed E-state index contributed by atoms with van der Waals surface area (Å²) in [4.78, 5) is 23.9. The maximum atomic E-state index is 11.7. The zero-order valence-electron chi connectivity index (χ0n) is 10.4. The number of carboxylic acids is 1. The monoisotopic (exact) mass is 362 g/mol. The van der Waals surface area contributed by atoms with Gasteiger partial charge in [0.05, 0.1) is 23.8 Å². The number of ether oxygens (including phenoxy) is 1. The van der Waals surface area contributed by atoms with Gasteiger partial charge in [0.1, 0.15) is 18.9 Å². The minimum Gasteiger partial charge on any atom is -0.490 e. The second-order valence-corrected chi connectivity index (χ2v) is 5.44. The maximum Gasteiger partial charge on any atom is 0.322 e. The van der Waals surface area contributed by atoms with E-state index in [1.54, 1.807) is 17.0 Å². The van der Waals surface area contributed by atoms with E-state index in [1.807, 2.05) is 0 Å². The molecule has 108 valence electrons. The first-order valence-corrected chi connectivity index (χ1v) is 7.00. The van der Waals surface area contributed by atoms with Gasteiger partial charge in [-0.2, -0.15) is 0 Å². The fourth-order valence-electron chi connectivity index (χ4n) is 1.83. The van der Waals surface area contributed by atoms with Crippen molar-refractivity contribution in [2.45, 2.75) is 0 Å². The summed E-state index contributed by atoms with van der Waals surface area (Å²) in [5, 5.41) is 11.4. The van der Waals surface area contributed by atoms with Gasteiger partial charge >= 0.3 is 5.97 Å². The minimum atomic E-state index is -1.08. The van der Waals surface area contributed by atoms with Crippen LogP contribution in [0.3, 0.4) is 0 Å². The van der Waals surface area contributed by atoms with Gasteiger partial charge in [0, 0.05) is 4.47 Å². The van der Waals surface area contributed by atoms with E-state index < -0.39 is 12.5 Å². The number of benzene rings is 1. The Balaban J connectivity index is 2.10. The van der Waals surface area contributed by atoms with Crippen LogP contribution in [0.1, 0.15) is 0 Å². The number of carboxylic acid groups (broad SMARTS) is 1. The van der Waals surface area contributed by atoms with E-state index in [4.69, 9.17) is 21.4 Å². The highest BCUT2D eigenvalue weighted by Gasteiger charge is 2.22. The van der Waals surface area contributed by atoms with E-state index in [0.29, 0.717) is 23.9 Å². The highest BCUT2D eigenvalue weighted by molar-refractivity contribution is 9.10. The van der Waals surface area contributed by atoms with Crippen molar-refractivity contribution in [1.29, 1.82) is 0 Å². The second kappa shape index (κ2) is 6.32. The predicted octanol–water partition coefficient (Wildman–Crippen LogP) is 1.50. The standard InChI is InChI=1S/C12H12BrClN2O4/c13-7-3-10-9(4-8(7)14)16(1-2-20-10)6-11(17)15-5-12(18)19/h3-4H,1-2,5-6H2,(H,15,17)(H,18,19). The normalized spacial score (nSPS) is 13.4. The van der Waals surface area contributed by atoms with Crippen molar-refractivity contribution in [2.24, 2.45) is 0 Å². The second-order valence-electron chi connectivity index (χ2n) is 4.17. The Labute approximate surface area is 128 Å². The summed E-state index contributed by atoms with van der Waals surface area (Å²) < 4.78 is 6.23. The third-order valence-electron chi connectivity index (χ3n) is 2.73. The molecule has 6 nitrogen and oxygen atoms in total. The van der Waals surface area contributed by atoms with Crippen molar-refractivity contribution in [3.8, 4) is 5.75 Å². The number of nitrogens with one attached hydrogen (secondary N) is 1. The van der Waals surface area contributed by atoms with E-state index in [9.17, 15) is 9.59 Å². The number of hydrogen-bond acceptors (Lipinski definition) is 4. The lowest BCUT2D eigenvalue weighted by molar-refractivity contribution is -0.137. The van der Waals surface area contributed by atoms with Crippen molar-refractivity contribution >= 4 is 45.1 Å². The quantitative estimate of drug-likeness (QED) is 0.847. The maximum absolute atomic E-state index is 11.7. The molecule has 1 aromatic carbocycles. The molecule has 0 atom stereocenters. The topological polar surface area (TPSA) is 78.9 Å². The van der Waals surface area contributed by atoms with Gasteiger partial charge in [0.2, 0.25) is 5.91 Å². The van der Waals surface area contributed by atoms with Crippen LogP contribution >= 0.6 is 27.5 Å². The van der Waals surface area contributed by atoms with Gasteiger partial charge in [0.25, 0.3) is 0 Å². The molecule has 0 saturated heterocycles. The summed E-state index contributed by atoms with van der Waals surface area (Å²) >= 11 is 9.35. The van der Waals surface area contributed by atoms with Crippen molar-refractivity contribution in [3.05, 3.63) is 21.6 Å². The first-order valence-electron chi connectivity index (χ1n) is 5.82. The molecule has 0 aromatic heterocycles. The molecule has 0 aliphatic carbocycles. The number of aliphatic carboxylic acids is 1. The van der Waals surface area contributed by atoms with Crippen molar-refractivity contribution in [1.82, 2.24) is 5.32 Å². The number of rotatable bonds is 4. The molecule has 2 rings (SSSR count). The zero-order valence-corrected chi connectivity index (χ0v) is 12.7. The molecule has 0 unspecified atom stereocenters. The van der Waals surface area contributed by atoms with Crippen molar-refractivity contribution in [2.75, 3.05) is 31.1 Å². The highest BCUT2D eigenvalue weighted by Crippen LogP contribution is 2.38. The Morgan fingerprint density at radius 2 is 2.25 bits per heavy atom. The third-order valence-corrected chi connectivity index (χ3v) is 3.93. The molecule has 8 heteroatoms. The molecular formula is C12H12BrClN2O4. The van der Waals surface area contributed by atoms with E-state index in [2.05, 4.69) is 21.2 Å². The van der Waals surface area contributed by atoms with Gasteiger partial charge in [0.15, 0.2) is 0 Å². The molecular weight excluding hydrogens is 351 g/mol. The summed E-state index contributed by atoms with van der Waals surface area (Å²) in [6, 6.07) is 3.46. The Morgan fingerprint density at radius 3 is 2.95 bits per heavy atom. The fraction of sp³-hybridized carbons (Fsp3) is 0.333. The Morgan fingerprint density at radius 1 is 1.50 bits per heavy atom. The Bertz CT molecular complexity index is 553. The molecule has 0 saturated carbocycles. The summed E-state index contributed by atoms with van der Waals surface area (Å²) in [5.41, 5.74) is 0.718. The van der Waals surface area contributed by atoms with E-state index in [-0.39, 0.29) is 12.5 Å². The molecule has 0 bridgehead atoms. The van der Waals surface area contributed by atoms with Crippen LogP contribution in [0.5, 0.6) is 5.75 Å². The summed E-state index contributed by atoms with van der Waals surface area (Å²) in [6.07, 6.45) is 0. The first kappa shape index (κ1) is 14.9. The number of amides is 1. The Hall–Kier alpha value is -1.47. The molecule has 1 amide bonds.